The third-order valence-electron chi connectivity index (χ3n) is 4.31. The lowest BCUT2D eigenvalue weighted by Gasteiger charge is -2.30. The van der Waals surface area contributed by atoms with Crippen molar-refractivity contribution < 1.29 is 9.47 Å². The summed E-state index contributed by atoms with van der Waals surface area (Å²) in [7, 11) is 3.27. The Morgan fingerprint density at radius 2 is 1.87 bits per heavy atom. The fourth-order valence-corrected chi connectivity index (χ4v) is 3.12. The minimum atomic E-state index is 0.678. The zero-order valence-electron chi connectivity index (χ0n) is 13.2. The number of nitrogens with zero attached hydrogens (tertiary/aromatic N) is 4. The molecule has 3 aromatic rings. The molecule has 0 N–H and O–H groups in total. The third-order valence-corrected chi connectivity index (χ3v) is 4.31. The molecule has 0 bridgehead atoms. The van der Waals surface area contributed by atoms with Gasteiger partial charge >= 0.3 is 0 Å². The standard InChI is InChI=1S/C17H18N4O2/c1-22-15-8-13-14(9-16(15)23-2)18-11-19-17(13)21-7-6-20-5-3-4-12(20)10-21/h3-5,8-9,11H,6-7,10H2,1-2H3. The number of ether oxygens (including phenoxy) is 2. The molecule has 3 heterocycles. The van der Waals surface area contributed by atoms with Crippen LogP contribution >= 0.6 is 0 Å². The van der Waals surface area contributed by atoms with Gasteiger partial charge in [-0.2, -0.15) is 0 Å². The van der Waals surface area contributed by atoms with Gasteiger partial charge in [0.2, 0.25) is 0 Å². The van der Waals surface area contributed by atoms with E-state index in [4.69, 9.17) is 9.47 Å². The van der Waals surface area contributed by atoms with Crippen LogP contribution in [0.3, 0.4) is 0 Å². The van der Waals surface area contributed by atoms with Crippen molar-refractivity contribution >= 4 is 16.7 Å². The van der Waals surface area contributed by atoms with Crippen molar-refractivity contribution in [3.05, 3.63) is 42.5 Å². The highest BCUT2D eigenvalue weighted by Crippen LogP contribution is 2.35. The van der Waals surface area contributed by atoms with E-state index in [-0.39, 0.29) is 0 Å². The van der Waals surface area contributed by atoms with Crippen LogP contribution in [0.4, 0.5) is 5.82 Å². The second-order valence-electron chi connectivity index (χ2n) is 5.54. The number of hydrogen-bond donors (Lipinski definition) is 0. The van der Waals surface area contributed by atoms with Crippen LogP contribution < -0.4 is 14.4 Å². The molecule has 6 heteroatoms. The highest BCUT2D eigenvalue weighted by atomic mass is 16.5. The molecular formula is C17H18N4O2. The topological polar surface area (TPSA) is 52.4 Å². The van der Waals surface area contributed by atoms with Crippen LogP contribution in [0.5, 0.6) is 11.5 Å². The molecule has 2 aromatic heterocycles. The normalized spacial score (nSPS) is 13.9. The van der Waals surface area contributed by atoms with E-state index < -0.39 is 0 Å². The fraction of sp³-hybridized carbons (Fsp3) is 0.294. The van der Waals surface area contributed by atoms with Gasteiger partial charge in [0.05, 0.1) is 26.3 Å². The molecule has 0 saturated carbocycles. The lowest BCUT2D eigenvalue weighted by atomic mass is 10.2. The summed E-state index contributed by atoms with van der Waals surface area (Å²) in [6.45, 7) is 2.72. The molecule has 6 nitrogen and oxygen atoms in total. The van der Waals surface area contributed by atoms with Crippen molar-refractivity contribution in [2.45, 2.75) is 13.1 Å². The predicted molar refractivity (Wildman–Crippen MR) is 88.1 cm³/mol. The summed E-state index contributed by atoms with van der Waals surface area (Å²) in [6.07, 6.45) is 3.73. The van der Waals surface area contributed by atoms with Crippen LogP contribution in [-0.4, -0.2) is 35.3 Å². The summed E-state index contributed by atoms with van der Waals surface area (Å²) >= 11 is 0. The monoisotopic (exact) mass is 310 g/mol. The van der Waals surface area contributed by atoms with Gasteiger partial charge in [0.25, 0.3) is 0 Å². The van der Waals surface area contributed by atoms with Gasteiger partial charge in [-0.3, -0.25) is 0 Å². The van der Waals surface area contributed by atoms with Gasteiger partial charge in [-0.25, -0.2) is 9.97 Å². The summed E-state index contributed by atoms with van der Waals surface area (Å²) in [5, 5.41) is 0.977. The molecule has 0 saturated heterocycles. The summed E-state index contributed by atoms with van der Waals surface area (Å²) in [4.78, 5) is 11.2. The van der Waals surface area contributed by atoms with E-state index >= 15 is 0 Å². The van der Waals surface area contributed by atoms with Gasteiger partial charge in [-0.1, -0.05) is 0 Å². The predicted octanol–water partition coefficient (Wildman–Crippen LogP) is 2.47. The van der Waals surface area contributed by atoms with Crippen molar-refractivity contribution in [1.82, 2.24) is 14.5 Å². The van der Waals surface area contributed by atoms with Gasteiger partial charge in [0.1, 0.15) is 12.1 Å². The molecule has 1 aliphatic rings. The molecule has 0 amide bonds. The fourth-order valence-electron chi connectivity index (χ4n) is 3.12. The Morgan fingerprint density at radius 3 is 2.70 bits per heavy atom. The highest BCUT2D eigenvalue weighted by Gasteiger charge is 2.20. The van der Waals surface area contributed by atoms with Crippen molar-refractivity contribution in [3.63, 3.8) is 0 Å². The molecule has 0 atom stereocenters. The Morgan fingerprint density at radius 1 is 1.04 bits per heavy atom. The third kappa shape index (κ3) is 2.27. The second kappa shape index (κ2) is 5.46. The molecule has 0 spiro atoms. The van der Waals surface area contributed by atoms with Crippen LogP contribution in [0.2, 0.25) is 0 Å². The largest absolute Gasteiger partial charge is 0.493 e. The highest BCUT2D eigenvalue weighted by molar-refractivity contribution is 5.92. The van der Waals surface area contributed by atoms with E-state index in [9.17, 15) is 0 Å². The first-order chi connectivity index (χ1) is 11.3. The zero-order chi connectivity index (χ0) is 15.8. The van der Waals surface area contributed by atoms with Crippen molar-refractivity contribution in [2.24, 2.45) is 0 Å². The summed E-state index contributed by atoms with van der Waals surface area (Å²) in [6, 6.07) is 8.09. The Labute approximate surface area is 134 Å². The number of fused-ring (bicyclic) bond motifs is 2. The van der Waals surface area contributed by atoms with Crippen LogP contribution in [0.25, 0.3) is 10.9 Å². The van der Waals surface area contributed by atoms with Gasteiger partial charge < -0.3 is 18.9 Å². The summed E-state index contributed by atoms with van der Waals surface area (Å²) < 4.78 is 13.1. The van der Waals surface area contributed by atoms with E-state index in [1.807, 2.05) is 12.1 Å². The lowest BCUT2D eigenvalue weighted by molar-refractivity contribution is 0.356. The SMILES string of the molecule is COc1cc2ncnc(N3CCn4cccc4C3)c2cc1OC. The van der Waals surface area contributed by atoms with Crippen LogP contribution in [0, 0.1) is 0 Å². The van der Waals surface area contributed by atoms with Crippen LogP contribution in [0.15, 0.2) is 36.8 Å². The van der Waals surface area contributed by atoms with Crippen LogP contribution in [0.1, 0.15) is 5.69 Å². The maximum absolute atomic E-state index is 5.43. The molecule has 0 aliphatic carbocycles. The van der Waals surface area contributed by atoms with Crippen molar-refractivity contribution in [2.75, 3.05) is 25.7 Å². The number of methoxy groups -OCH3 is 2. The zero-order valence-corrected chi connectivity index (χ0v) is 13.2. The van der Waals surface area contributed by atoms with E-state index in [1.54, 1.807) is 20.5 Å². The molecule has 23 heavy (non-hydrogen) atoms. The van der Waals surface area contributed by atoms with E-state index in [2.05, 4.69) is 37.8 Å². The average molecular weight is 310 g/mol. The minimum Gasteiger partial charge on any atom is -0.493 e. The number of hydrogen-bond acceptors (Lipinski definition) is 5. The molecule has 0 unspecified atom stereocenters. The van der Waals surface area contributed by atoms with Gasteiger partial charge in [0.15, 0.2) is 11.5 Å². The number of rotatable bonds is 3. The Bertz CT molecular complexity index is 859. The second-order valence-corrected chi connectivity index (χ2v) is 5.54. The average Bonchev–Trinajstić information content (AvgIpc) is 3.07. The maximum Gasteiger partial charge on any atom is 0.162 e. The van der Waals surface area contributed by atoms with Crippen molar-refractivity contribution in [1.29, 1.82) is 0 Å². The Kier molecular flexibility index (Phi) is 3.29. The number of aromatic nitrogens is 3. The van der Waals surface area contributed by atoms with Crippen LogP contribution in [-0.2, 0) is 13.1 Å². The minimum absolute atomic E-state index is 0.678. The molecule has 4 rings (SSSR count). The molecular weight excluding hydrogens is 292 g/mol. The van der Waals surface area contributed by atoms with E-state index in [1.165, 1.54) is 5.69 Å². The molecule has 0 fully saturated rings. The number of anilines is 1. The molecule has 1 aromatic carbocycles. The molecule has 118 valence electrons. The molecule has 0 radical (unpaired) electrons. The van der Waals surface area contributed by atoms with Crippen molar-refractivity contribution in [3.8, 4) is 11.5 Å². The first-order valence-corrected chi connectivity index (χ1v) is 7.56. The summed E-state index contributed by atoms with van der Waals surface area (Å²) in [5.41, 5.74) is 2.15. The Balaban J connectivity index is 1.81. The maximum atomic E-state index is 5.43. The smallest absolute Gasteiger partial charge is 0.162 e. The molecule has 1 aliphatic heterocycles. The van der Waals surface area contributed by atoms with Gasteiger partial charge in [0, 0.05) is 36.4 Å². The van der Waals surface area contributed by atoms with E-state index in [0.717, 1.165) is 36.4 Å². The summed E-state index contributed by atoms with van der Waals surface area (Å²) in [5.74, 6) is 2.30. The van der Waals surface area contributed by atoms with Gasteiger partial charge in [-0.05, 0) is 18.2 Å². The quantitative estimate of drug-likeness (QED) is 0.744. The first-order valence-electron chi connectivity index (χ1n) is 7.56. The van der Waals surface area contributed by atoms with E-state index in [0.29, 0.717) is 11.5 Å². The number of benzene rings is 1. The first kappa shape index (κ1) is 13.9. The van der Waals surface area contributed by atoms with Gasteiger partial charge in [-0.15, -0.1) is 0 Å². The lowest BCUT2D eigenvalue weighted by Crippen LogP contribution is -2.33. The Hall–Kier alpha value is -2.76.